The van der Waals surface area contributed by atoms with E-state index in [4.69, 9.17) is 17.7 Å². The van der Waals surface area contributed by atoms with Crippen molar-refractivity contribution in [3.05, 3.63) is 83.1 Å². The third-order valence-electron chi connectivity index (χ3n) is 6.27. The average molecular weight is 631 g/mol. The maximum atomic E-state index is 13.6. The lowest BCUT2D eigenvalue weighted by molar-refractivity contribution is -0.138. The molecule has 3 aromatic heterocycles. The summed E-state index contributed by atoms with van der Waals surface area (Å²) in [5, 5.41) is 4.51. The average Bonchev–Trinajstić information content (AvgIpc) is 3.56. The van der Waals surface area contributed by atoms with Gasteiger partial charge in [-0.1, -0.05) is 18.2 Å². The van der Waals surface area contributed by atoms with E-state index in [9.17, 15) is 26.3 Å². The van der Waals surface area contributed by atoms with Gasteiger partial charge in [0.15, 0.2) is 5.82 Å². The maximum Gasteiger partial charge on any atom is 0.522 e. The summed E-state index contributed by atoms with van der Waals surface area (Å²) in [5.74, 6) is 0.938. The molecule has 230 valence electrons. The normalized spacial score (nSPS) is 15.6. The van der Waals surface area contributed by atoms with Gasteiger partial charge in [0, 0.05) is 18.7 Å². The summed E-state index contributed by atoms with van der Waals surface area (Å²) in [7, 11) is -4.29. The van der Waals surface area contributed by atoms with Gasteiger partial charge in [0.05, 0.1) is 30.4 Å². The van der Waals surface area contributed by atoms with Gasteiger partial charge in [0.2, 0.25) is 5.88 Å². The highest BCUT2D eigenvalue weighted by atomic mass is 32.2. The molecule has 0 amide bonds. The van der Waals surface area contributed by atoms with Crippen LogP contribution in [0.25, 0.3) is 17.8 Å². The van der Waals surface area contributed by atoms with Crippen LogP contribution in [-0.2, 0) is 22.8 Å². The van der Waals surface area contributed by atoms with Crippen LogP contribution in [0.3, 0.4) is 0 Å². The highest BCUT2D eigenvalue weighted by Gasteiger charge is 2.44. The number of ether oxygens (including phenoxy) is 1. The van der Waals surface area contributed by atoms with E-state index in [-0.39, 0.29) is 5.56 Å². The number of methoxy groups -OCH3 is 1. The van der Waals surface area contributed by atoms with Gasteiger partial charge in [-0.2, -0.15) is 39.9 Å². The molecule has 0 spiro atoms. The number of hydrogen-bond donors (Lipinski definition) is 1. The Hall–Kier alpha value is -4.25. The maximum absolute atomic E-state index is 13.6. The van der Waals surface area contributed by atoms with Crippen molar-refractivity contribution >= 4 is 22.3 Å². The van der Waals surface area contributed by atoms with E-state index < -0.39 is 33.3 Å². The van der Waals surface area contributed by atoms with Crippen LogP contribution in [0.15, 0.2) is 48.9 Å². The fourth-order valence-corrected chi connectivity index (χ4v) is 4.39. The first-order valence-electron chi connectivity index (χ1n) is 12.5. The van der Waals surface area contributed by atoms with Gasteiger partial charge in [-0.05, 0) is 55.7 Å². The lowest BCUT2D eigenvalue weighted by Gasteiger charge is -2.25. The lowest BCUT2D eigenvalue weighted by Crippen LogP contribution is -2.21. The molecule has 1 aromatic carbocycles. The van der Waals surface area contributed by atoms with Crippen LogP contribution in [0, 0.1) is 6.92 Å². The van der Waals surface area contributed by atoms with Crippen molar-refractivity contribution < 1.29 is 44.0 Å². The predicted molar refractivity (Wildman–Crippen MR) is 142 cm³/mol. The number of rotatable bonds is 5. The lowest BCUT2D eigenvalue weighted by atomic mass is 9.88. The van der Waals surface area contributed by atoms with Crippen LogP contribution in [0.1, 0.15) is 52.9 Å². The topological polar surface area (TPSA) is 125 Å². The van der Waals surface area contributed by atoms with Crippen molar-refractivity contribution in [2.45, 2.75) is 43.9 Å². The second kappa shape index (κ2) is 12.2. The number of alkyl halides is 6. The molecule has 0 bridgehead atoms. The summed E-state index contributed by atoms with van der Waals surface area (Å²) in [6, 6.07) is 9.42. The van der Waals surface area contributed by atoms with Gasteiger partial charge in [0.25, 0.3) is 0 Å². The molecule has 5 rings (SSSR count). The molecule has 1 aliphatic rings. The number of aromatic nitrogens is 6. The highest BCUT2D eigenvalue weighted by molar-refractivity contribution is 7.86. The Bertz CT molecular complexity index is 1730. The summed E-state index contributed by atoms with van der Waals surface area (Å²) >= 11 is 0. The standard InChI is InChI=1S/C25H23F3N6O.CHF3O3S/c1-16-14-33(15-29-16)21-11-9-17(30-24(21)35-2)10-12-22-31-23-19(7-5-13-34(23)32-22)18-6-3-4-8-20(18)25(26,27)28;2-1(3,4)8(5,6)7/h3-4,6,8-12,14-15,19H,5,7,13H2,1-2H3;(H,5,6,7)/b12-10+;/t19-;/m0./s1. The summed E-state index contributed by atoms with van der Waals surface area (Å²) in [5.41, 5.74) is -3.65. The molecular weight excluding hydrogens is 606 g/mol. The van der Waals surface area contributed by atoms with Crippen LogP contribution in [-0.4, -0.2) is 54.9 Å². The molecule has 1 atom stereocenters. The molecular formula is C26H24F6N6O4S. The molecule has 0 aliphatic carbocycles. The Balaban J connectivity index is 0.000000467. The zero-order chi connectivity index (χ0) is 31.6. The van der Waals surface area contributed by atoms with Crippen LogP contribution >= 0.6 is 0 Å². The molecule has 43 heavy (non-hydrogen) atoms. The minimum atomic E-state index is -5.84. The highest BCUT2D eigenvalue weighted by Crippen LogP contribution is 2.40. The first kappa shape index (κ1) is 31.7. The SMILES string of the molecule is COc1nc(/C=C/c2nc3n(n2)CCC[C@H]3c2ccccc2C(F)(F)F)ccc1-n1cnc(C)c1.O=S(=O)(O)C(F)(F)F. The molecule has 17 heteroatoms. The molecule has 0 saturated carbocycles. The van der Waals surface area contributed by atoms with E-state index in [0.717, 1.165) is 23.9 Å². The smallest absolute Gasteiger partial charge is 0.479 e. The number of benzene rings is 1. The fourth-order valence-electron chi connectivity index (χ4n) is 4.39. The van der Waals surface area contributed by atoms with Crippen LogP contribution in [0.2, 0.25) is 0 Å². The Morgan fingerprint density at radius 2 is 1.74 bits per heavy atom. The fraction of sp³-hybridized carbons (Fsp3) is 0.308. The molecule has 0 unspecified atom stereocenters. The predicted octanol–water partition coefficient (Wildman–Crippen LogP) is 5.68. The second-order valence-electron chi connectivity index (χ2n) is 9.27. The molecule has 4 aromatic rings. The molecule has 0 radical (unpaired) electrons. The van der Waals surface area contributed by atoms with Gasteiger partial charge in [0.1, 0.15) is 11.5 Å². The zero-order valence-corrected chi connectivity index (χ0v) is 23.3. The van der Waals surface area contributed by atoms with Gasteiger partial charge in [-0.15, -0.1) is 0 Å². The van der Waals surface area contributed by atoms with Crippen molar-refractivity contribution in [1.82, 2.24) is 29.3 Å². The molecule has 1 aliphatic heterocycles. The van der Waals surface area contributed by atoms with E-state index in [1.165, 1.54) is 12.1 Å². The third kappa shape index (κ3) is 7.40. The zero-order valence-electron chi connectivity index (χ0n) is 22.5. The van der Waals surface area contributed by atoms with Crippen molar-refractivity contribution in [2.24, 2.45) is 0 Å². The first-order chi connectivity index (χ1) is 20.1. The van der Waals surface area contributed by atoms with Crippen LogP contribution in [0.4, 0.5) is 26.3 Å². The van der Waals surface area contributed by atoms with Crippen LogP contribution < -0.4 is 4.74 Å². The summed E-state index contributed by atoms with van der Waals surface area (Å²) in [6.45, 7) is 2.52. The summed E-state index contributed by atoms with van der Waals surface area (Å²) < 4.78 is 107. The Morgan fingerprint density at radius 3 is 2.35 bits per heavy atom. The van der Waals surface area contributed by atoms with E-state index in [1.54, 1.807) is 36.3 Å². The summed E-state index contributed by atoms with van der Waals surface area (Å²) in [6.07, 6.45) is 3.92. The van der Waals surface area contributed by atoms with E-state index in [0.29, 0.717) is 36.2 Å². The first-order valence-corrected chi connectivity index (χ1v) is 13.9. The number of nitrogens with zero attached hydrogens (tertiary/aromatic N) is 6. The number of aryl methyl sites for hydroxylation is 2. The number of imidazole rings is 1. The van der Waals surface area contributed by atoms with Crippen molar-refractivity contribution in [3.8, 4) is 11.6 Å². The monoisotopic (exact) mass is 630 g/mol. The molecule has 1 N–H and O–H groups in total. The number of halogens is 6. The van der Waals surface area contributed by atoms with Crippen molar-refractivity contribution in [3.63, 3.8) is 0 Å². The number of fused-ring (bicyclic) bond motifs is 1. The minimum absolute atomic E-state index is 0.237. The summed E-state index contributed by atoms with van der Waals surface area (Å²) in [4.78, 5) is 13.3. The second-order valence-corrected chi connectivity index (χ2v) is 10.7. The molecule has 0 fully saturated rings. The largest absolute Gasteiger partial charge is 0.522 e. The van der Waals surface area contributed by atoms with Crippen molar-refractivity contribution in [2.75, 3.05) is 7.11 Å². The van der Waals surface area contributed by atoms with Gasteiger partial charge >= 0.3 is 21.8 Å². The number of pyridine rings is 1. The Morgan fingerprint density at radius 1 is 1.05 bits per heavy atom. The third-order valence-corrected chi connectivity index (χ3v) is 6.86. The van der Waals surface area contributed by atoms with Crippen molar-refractivity contribution in [1.29, 1.82) is 0 Å². The van der Waals surface area contributed by atoms with E-state index in [2.05, 4.69) is 20.1 Å². The Labute approximate surface area is 241 Å². The van der Waals surface area contributed by atoms with E-state index in [1.807, 2.05) is 29.8 Å². The molecule has 0 saturated heterocycles. The quantitative estimate of drug-likeness (QED) is 0.170. The van der Waals surface area contributed by atoms with Crippen LogP contribution in [0.5, 0.6) is 5.88 Å². The number of hydrogen-bond acceptors (Lipinski definition) is 7. The minimum Gasteiger partial charge on any atom is -0.479 e. The molecule has 10 nitrogen and oxygen atoms in total. The van der Waals surface area contributed by atoms with Gasteiger partial charge < -0.3 is 9.30 Å². The Kier molecular flexibility index (Phi) is 8.96. The van der Waals surface area contributed by atoms with E-state index >= 15 is 0 Å². The molecule has 4 heterocycles. The van der Waals surface area contributed by atoms with Gasteiger partial charge in [-0.25, -0.2) is 19.6 Å². The van der Waals surface area contributed by atoms with Gasteiger partial charge in [-0.3, -0.25) is 4.55 Å².